The molecule has 0 bridgehead atoms. The molecule has 4 aromatic rings. The molecule has 1 aromatic carbocycles. The molecule has 37 heavy (non-hydrogen) atoms. The van der Waals surface area contributed by atoms with Gasteiger partial charge in [-0.1, -0.05) is 41.1 Å². The van der Waals surface area contributed by atoms with Crippen molar-refractivity contribution in [1.82, 2.24) is 35.0 Å². The summed E-state index contributed by atoms with van der Waals surface area (Å²) in [5.41, 5.74) is 3.88. The van der Waals surface area contributed by atoms with Crippen LogP contribution in [0.5, 0.6) is 0 Å². The number of benzene rings is 1. The molecule has 0 saturated heterocycles. The average Bonchev–Trinajstić information content (AvgIpc) is 3.58. The van der Waals surface area contributed by atoms with E-state index in [1.807, 2.05) is 30.8 Å². The Hall–Kier alpha value is -2.91. The van der Waals surface area contributed by atoms with Gasteiger partial charge >= 0.3 is 0 Å². The Morgan fingerprint density at radius 2 is 1.73 bits per heavy atom. The van der Waals surface area contributed by atoms with E-state index in [4.69, 9.17) is 28.2 Å². The molecule has 0 aliphatic heterocycles. The highest BCUT2D eigenvalue weighted by Crippen LogP contribution is 2.34. The summed E-state index contributed by atoms with van der Waals surface area (Å²) >= 11 is 12.6. The van der Waals surface area contributed by atoms with Crippen LogP contribution < -0.4 is 9.80 Å². The molecule has 11 heteroatoms. The zero-order valence-electron chi connectivity index (χ0n) is 22.0. The molecule has 0 amide bonds. The molecule has 0 radical (unpaired) electrons. The van der Waals surface area contributed by atoms with Gasteiger partial charge in [-0.25, -0.2) is 4.98 Å². The Labute approximate surface area is 227 Å². The minimum absolute atomic E-state index is 0.371. The zero-order chi connectivity index (χ0) is 26.3. The normalized spacial score (nSPS) is 15.0. The lowest BCUT2D eigenvalue weighted by atomic mass is 9.98. The number of aryl methyl sites for hydroxylation is 3. The molecule has 9 nitrogen and oxygen atoms in total. The van der Waals surface area contributed by atoms with Gasteiger partial charge < -0.3 is 9.80 Å². The van der Waals surface area contributed by atoms with Crippen LogP contribution in [0.1, 0.15) is 49.4 Å². The van der Waals surface area contributed by atoms with E-state index in [9.17, 15) is 0 Å². The number of hydrogen-bond donors (Lipinski definition) is 0. The SMILES string of the molecule is Cc1nn(C)c2nc(N(C)C(C)C3CCCC3)c(CN(Cc3cc(Cl)cc(Cl)c3)c3nnn(C)n3)cc12. The highest BCUT2D eigenvalue weighted by atomic mass is 35.5. The first-order valence-corrected chi connectivity index (χ1v) is 13.4. The second-order valence-electron chi connectivity index (χ2n) is 10.2. The minimum Gasteiger partial charge on any atom is -0.356 e. The lowest BCUT2D eigenvalue weighted by Crippen LogP contribution is -2.36. The largest absolute Gasteiger partial charge is 0.356 e. The van der Waals surface area contributed by atoms with Crippen molar-refractivity contribution in [1.29, 1.82) is 0 Å². The molecule has 1 saturated carbocycles. The van der Waals surface area contributed by atoms with Crippen LogP contribution in [-0.2, 0) is 27.2 Å². The summed E-state index contributed by atoms with van der Waals surface area (Å²) < 4.78 is 1.86. The number of halogens is 2. The maximum atomic E-state index is 6.32. The van der Waals surface area contributed by atoms with Gasteiger partial charge in [-0.3, -0.25) is 4.68 Å². The lowest BCUT2D eigenvalue weighted by molar-refractivity contribution is 0.439. The first kappa shape index (κ1) is 25.7. The van der Waals surface area contributed by atoms with Gasteiger partial charge in [-0.2, -0.15) is 9.90 Å². The van der Waals surface area contributed by atoms with Gasteiger partial charge in [0, 0.05) is 54.2 Å². The Morgan fingerprint density at radius 1 is 1.03 bits per heavy atom. The van der Waals surface area contributed by atoms with Crippen LogP contribution in [-0.4, -0.2) is 48.1 Å². The molecule has 1 fully saturated rings. The number of pyridine rings is 1. The fourth-order valence-corrected chi connectivity index (χ4v) is 6.04. The third-order valence-corrected chi connectivity index (χ3v) is 7.96. The van der Waals surface area contributed by atoms with E-state index in [0.717, 1.165) is 33.7 Å². The molecule has 3 heterocycles. The molecule has 1 atom stereocenters. The van der Waals surface area contributed by atoms with Crippen molar-refractivity contribution >= 4 is 46.0 Å². The highest BCUT2D eigenvalue weighted by molar-refractivity contribution is 6.34. The predicted octanol–water partition coefficient (Wildman–Crippen LogP) is 5.33. The van der Waals surface area contributed by atoms with E-state index >= 15 is 0 Å². The molecule has 1 aliphatic rings. The van der Waals surface area contributed by atoms with Gasteiger partial charge in [-0.05, 0) is 67.6 Å². The maximum Gasteiger partial charge on any atom is 0.266 e. The molecule has 5 rings (SSSR count). The van der Waals surface area contributed by atoms with E-state index in [1.54, 1.807) is 13.1 Å². The van der Waals surface area contributed by atoms with Crippen molar-refractivity contribution in [2.75, 3.05) is 16.8 Å². The highest BCUT2D eigenvalue weighted by Gasteiger charge is 2.28. The summed E-state index contributed by atoms with van der Waals surface area (Å²) in [4.78, 5) is 11.1. The Kier molecular flexibility index (Phi) is 7.27. The summed E-state index contributed by atoms with van der Waals surface area (Å²) in [5.74, 6) is 2.14. The van der Waals surface area contributed by atoms with Crippen LogP contribution in [0.15, 0.2) is 24.3 Å². The minimum atomic E-state index is 0.371. The van der Waals surface area contributed by atoms with Crippen LogP contribution in [0, 0.1) is 12.8 Å². The first-order chi connectivity index (χ1) is 17.7. The molecule has 1 aliphatic carbocycles. The van der Waals surface area contributed by atoms with Gasteiger partial charge in [0.05, 0.1) is 12.7 Å². The van der Waals surface area contributed by atoms with Gasteiger partial charge in [0.1, 0.15) is 5.82 Å². The standard InChI is InChI=1S/C26H33Cl2N9/c1-16-23-12-20(24(29-25(23)35(4)31-16)34(3)17(2)19-8-6-7-9-19)15-37(26-30-33-36(5)32-26)14-18-10-21(27)13-22(28)11-18/h10-13,17,19H,6-9,14-15H2,1-5H3. The maximum absolute atomic E-state index is 6.32. The summed E-state index contributed by atoms with van der Waals surface area (Å²) in [6.45, 7) is 5.38. The zero-order valence-corrected chi connectivity index (χ0v) is 23.5. The lowest BCUT2D eigenvalue weighted by Gasteiger charge is -2.33. The third-order valence-electron chi connectivity index (χ3n) is 7.52. The second kappa shape index (κ2) is 10.5. The topological polar surface area (TPSA) is 80.8 Å². The Bertz CT molecular complexity index is 1390. The first-order valence-electron chi connectivity index (χ1n) is 12.7. The number of hydrogen-bond acceptors (Lipinski definition) is 7. The molecule has 3 aromatic heterocycles. The number of anilines is 2. The quantitative estimate of drug-likeness (QED) is 0.298. The van der Waals surface area contributed by atoms with Crippen molar-refractivity contribution in [2.24, 2.45) is 20.0 Å². The summed E-state index contributed by atoms with van der Waals surface area (Å²) in [5, 5.41) is 19.8. The summed E-state index contributed by atoms with van der Waals surface area (Å²) in [6.07, 6.45) is 5.13. The van der Waals surface area contributed by atoms with Gasteiger partial charge in [-0.15, -0.1) is 5.10 Å². The number of rotatable bonds is 8. The van der Waals surface area contributed by atoms with Crippen LogP contribution >= 0.6 is 23.2 Å². The van der Waals surface area contributed by atoms with Crippen LogP contribution in [0.3, 0.4) is 0 Å². The van der Waals surface area contributed by atoms with E-state index in [-0.39, 0.29) is 0 Å². The van der Waals surface area contributed by atoms with Gasteiger partial charge in [0.25, 0.3) is 5.95 Å². The van der Waals surface area contributed by atoms with Crippen LogP contribution in [0.4, 0.5) is 11.8 Å². The molecule has 1 unspecified atom stereocenters. The number of tetrazole rings is 1. The van der Waals surface area contributed by atoms with Crippen LogP contribution in [0.25, 0.3) is 11.0 Å². The molecular weight excluding hydrogens is 509 g/mol. The number of fused-ring (bicyclic) bond motifs is 1. The second-order valence-corrected chi connectivity index (χ2v) is 11.0. The molecule has 0 spiro atoms. The van der Waals surface area contributed by atoms with Gasteiger partial charge in [0.2, 0.25) is 0 Å². The molecular formula is C26H33Cl2N9. The van der Waals surface area contributed by atoms with E-state index in [2.05, 4.69) is 50.3 Å². The third kappa shape index (κ3) is 5.38. The van der Waals surface area contributed by atoms with Crippen molar-refractivity contribution in [3.05, 3.63) is 51.1 Å². The van der Waals surface area contributed by atoms with E-state index < -0.39 is 0 Å². The van der Waals surface area contributed by atoms with E-state index in [1.165, 1.54) is 30.5 Å². The molecule has 0 N–H and O–H groups in total. The fraction of sp³-hybridized carbons (Fsp3) is 0.500. The predicted molar refractivity (Wildman–Crippen MR) is 148 cm³/mol. The number of nitrogens with zero attached hydrogens (tertiary/aromatic N) is 9. The van der Waals surface area contributed by atoms with Crippen molar-refractivity contribution in [2.45, 2.75) is 58.7 Å². The average molecular weight is 543 g/mol. The number of aromatic nitrogens is 7. The molecule has 196 valence electrons. The van der Waals surface area contributed by atoms with Crippen molar-refractivity contribution in [3.63, 3.8) is 0 Å². The van der Waals surface area contributed by atoms with Crippen molar-refractivity contribution in [3.8, 4) is 0 Å². The Morgan fingerprint density at radius 3 is 2.38 bits per heavy atom. The van der Waals surface area contributed by atoms with Crippen LogP contribution in [0.2, 0.25) is 10.0 Å². The summed E-state index contributed by atoms with van der Waals surface area (Å²) in [6, 6.07) is 8.15. The van der Waals surface area contributed by atoms with Gasteiger partial charge in [0.15, 0.2) is 5.65 Å². The Balaban J connectivity index is 1.57. The summed E-state index contributed by atoms with van der Waals surface area (Å²) in [7, 11) is 5.87. The van der Waals surface area contributed by atoms with Crippen molar-refractivity contribution < 1.29 is 0 Å². The van der Waals surface area contributed by atoms with E-state index in [0.29, 0.717) is 41.0 Å². The monoisotopic (exact) mass is 541 g/mol. The smallest absolute Gasteiger partial charge is 0.266 e. The fourth-order valence-electron chi connectivity index (χ4n) is 5.47.